The highest BCUT2D eigenvalue weighted by Crippen LogP contribution is 2.21. The molecule has 0 bridgehead atoms. The van der Waals surface area contributed by atoms with E-state index in [1.165, 1.54) is 0 Å². The van der Waals surface area contributed by atoms with Crippen LogP contribution in [0.15, 0.2) is 30.6 Å². The van der Waals surface area contributed by atoms with Crippen molar-refractivity contribution in [3.05, 3.63) is 47.8 Å². The van der Waals surface area contributed by atoms with Crippen molar-refractivity contribution < 1.29 is 4.74 Å². The summed E-state index contributed by atoms with van der Waals surface area (Å²) in [7, 11) is 4.10. The molecule has 2 aromatic heterocycles. The zero-order valence-corrected chi connectivity index (χ0v) is 13.2. The Bertz CT molecular complexity index is 583. The molecule has 0 spiro atoms. The molecule has 1 fully saturated rings. The van der Waals surface area contributed by atoms with Gasteiger partial charge in [0, 0.05) is 44.3 Å². The van der Waals surface area contributed by atoms with Gasteiger partial charge in [0.05, 0.1) is 12.3 Å². The Morgan fingerprint density at radius 1 is 1.36 bits per heavy atom. The van der Waals surface area contributed by atoms with Gasteiger partial charge in [-0.15, -0.1) is 0 Å². The van der Waals surface area contributed by atoms with Gasteiger partial charge in [0.1, 0.15) is 11.9 Å². The Labute approximate surface area is 131 Å². The summed E-state index contributed by atoms with van der Waals surface area (Å²) < 4.78 is 5.88. The fourth-order valence-corrected chi connectivity index (χ4v) is 2.69. The average molecular weight is 301 g/mol. The molecule has 1 aliphatic rings. The van der Waals surface area contributed by atoms with Crippen LogP contribution in [-0.2, 0) is 17.8 Å². The zero-order valence-electron chi connectivity index (χ0n) is 13.2. The van der Waals surface area contributed by atoms with Gasteiger partial charge in [-0.25, -0.2) is 4.98 Å². The van der Waals surface area contributed by atoms with Crippen molar-refractivity contribution in [3.63, 3.8) is 0 Å². The lowest BCUT2D eigenvalue weighted by molar-refractivity contribution is -0.0372. The van der Waals surface area contributed by atoms with E-state index in [4.69, 9.17) is 4.74 Å². The lowest BCUT2D eigenvalue weighted by Gasteiger charge is -2.31. The maximum atomic E-state index is 5.88. The molecule has 6 heteroatoms. The lowest BCUT2D eigenvalue weighted by atomic mass is 10.2. The lowest BCUT2D eigenvalue weighted by Crippen LogP contribution is -2.38. The van der Waals surface area contributed by atoms with E-state index in [-0.39, 0.29) is 6.10 Å². The molecule has 0 amide bonds. The fourth-order valence-electron chi connectivity index (χ4n) is 2.69. The van der Waals surface area contributed by atoms with E-state index in [9.17, 15) is 0 Å². The van der Waals surface area contributed by atoms with E-state index in [1.807, 2.05) is 38.6 Å². The fraction of sp³-hybridized carbons (Fsp3) is 0.500. The molecule has 0 aliphatic carbocycles. The number of hydrogen-bond donors (Lipinski definition) is 1. The van der Waals surface area contributed by atoms with Gasteiger partial charge in [0.15, 0.2) is 0 Å². The van der Waals surface area contributed by atoms with Gasteiger partial charge in [-0.2, -0.15) is 0 Å². The second-order valence-corrected chi connectivity index (χ2v) is 5.95. The van der Waals surface area contributed by atoms with Gasteiger partial charge in [-0.1, -0.05) is 6.07 Å². The van der Waals surface area contributed by atoms with Gasteiger partial charge in [0.25, 0.3) is 0 Å². The second kappa shape index (κ2) is 7.00. The van der Waals surface area contributed by atoms with Crippen LogP contribution in [-0.4, -0.2) is 58.5 Å². The minimum atomic E-state index is 0.00775. The largest absolute Gasteiger partial charge is 0.368 e. The number of imidazole rings is 1. The summed E-state index contributed by atoms with van der Waals surface area (Å²) in [5.74, 6) is 0.919. The Balaban J connectivity index is 1.61. The third-order valence-electron chi connectivity index (χ3n) is 3.70. The number of nitrogens with one attached hydrogen (secondary N) is 1. The van der Waals surface area contributed by atoms with Crippen molar-refractivity contribution >= 4 is 0 Å². The Hall–Kier alpha value is -1.76. The van der Waals surface area contributed by atoms with Crippen LogP contribution < -0.4 is 0 Å². The van der Waals surface area contributed by atoms with Gasteiger partial charge >= 0.3 is 0 Å². The summed E-state index contributed by atoms with van der Waals surface area (Å²) in [6, 6.07) is 6.04. The number of ether oxygens (including phenoxy) is 1. The first-order valence-corrected chi connectivity index (χ1v) is 7.63. The second-order valence-electron chi connectivity index (χ2n) is 5.95. The highest BCUT2D eigenvalue weighted by Gasteiger charge is 2.24. The molecule has 1 atom stereocenters. The minimum absolute atomic E-state index is 0.00775. The molecule has 3 rings (SSSR count). The van der Waals surface area contributed by atoms with Crippen LogP contribution in [0.1, 0.15) is 23.3 Å². The van der Waals surface area contributed by atoms with Gasteiger partial charge in [0.2, 0.25) is 0 Å². The monoisotopic (exact) mass is 301 g/mol. The molecule has 3 heterocycles. The molecule has 0 unspecified atom stereocenters. The van der Waals surface area contributed by atoms with Crippen LogP contribution in [0.3, 0.4) is 0 Å². The first-order chi connectivity index (χ1) is 10.7. The first-order valence-electron chi connectivity index (χ1n) is 7.63. The summed E-state index contributed by atoms with van der Waals surface area (Å²) in [4.78, 5) is 16.7. The van der Waals surface area contributed by atoms with E-state index in [1.54, 1.807) is 0 Å². The number of pyridine rings is 1. The van der Waals surface area contributed by atoms with Crippen molar-refractivity contribution in [3.8, 4) is 0 Å². The minimum Gasteiger partial charge on any atom is -0.368 e. The highest BCUT2D eigenvalue weighted by atomic mass is 16.5. The van der Waals surface area contributed by atoms with Crippen molar-refractivity contribution in [2.45, 2.75) is 19.2 Å². The Kier molecular flexibility index (Phi) is 4.82. The SMILES string of the molecule is CN(C)Cc1cnc([C@H]2CN(Cc3ccccn3)CCO2)[nH]1. The van der Waals surface area contributed by atoms with E-state index in [0.29, 0.717) is 0 Å². The molecule has 1 saturated heterocycles. The summed E-state index contributed by atoms with van der Waals surface area (Å²) in [6.45, 7) is 4.20. The maximum absolute atomic E-state index is 5.88. The van der Waals surface area contributed by atoms with Crippen LogP contribution in [0.2, 0.25) is 0 Å². The molecule has 22 heavy (non-hydrogen) atoms. The third-order valence-corrected chi connectivity index (χ3v) is 3.70. The topological polar surface area (TPSA) is 57.3 Å². The van der Waals surface area contributed by atoms with Gasteiger partial charge in [-0.3, -0.25) is 9.88 Å². The number of hydrogen-bond acceptors (Lipinski definition) is 5. The number of aromatic amines is 1. The number of morpholine rings is 1. The summed E-state index contributed by atoms with van der Waals surface area (Å²) in [5.41, 5.74) is 2.21. The summed E-state index contributed by atoms with van der Waals surface area (Å²) >= 11 is 0. The third kappa shape index (κ3) is 3.91. The molecular formula is C16H23N5O. The molecule has 0 saturated carbocycles. The van der Waals surface area contributed by atoms with Crippen molar-refractivity contribution in [2.75, 3.05) is 33.8 Å². The molecular weight excluding hydrogens is 278 g/mol. The van der Waals surface area contributed by atoms with Crippen LogP contribution in [0.5, 0.6) is 0 Å². The van der Waals surface area contributed by atoms with E-state index in [0.717, 1.165) is 50.0 Å². The first kappa shape index (κ1) is 15.1. The molecule has 1 N–H and O–H groups in total. The zero-order chi connectivity index (χ0) is 15.4. The van der Waals surface area contributed by atoms with Crippen LogP contribution in [0.4, 0.5) is 0 Å². The van der Waals surface area contributed by atoms with E-state index >= 15 is 0 Å². The number of H-pyrrole nitrogens is 1. The maximum Gasteiger partial charge on any atom is 0.136 e. The Morgan fingerprint density at radius 3 is 3.05 bits per heavy atom. The predicted octanol–water partition coefficient (Wildman–Crippen LogP) is 1.44. The standard InChI is InChI=1S/C16H23N5O/c1-20(2)10-14-9-18-16(19-14)15-12-21(7-8-22-15)11-13-5-3-4-6-17-13/h3-6,9,15H,7-8,10-12H2,1-2H3,(H,18,19)/t15-/m1/s1. The quantitative estimate of drug-likeness (QED) is 0.905. The molecule has 2 aromatic rings. The molecule has 1 aliphatic heterocycles. The van der Waals surface area contributed by atoms with Gasteiger partial charge in [-0.05, 0) is 26.2 Å². The molecule has 0 aromatic carbocycles. The van der Waals surface area contributed by atoms with E-state index < -0.39 is 0 Å². The summed E-state index contributed by atoms with van der Waals surface area (Å²) in [6.07, 6.45) is 3.75. The van der Waals surface area contributed by atoms with Crippen LogP contribution in [0, 0.1) is 0 Å². The number of nitrogens with zero attached hydrogens (tertiary/aromatic N) is 4. The normalized spacial score (nSPS) is 19.7. The van der Waals surface area contributed by atoms with Crippen molar-refractivity contribution in [1.29, 1.82) is 0 Å². The highest BCUT2D eigenvalue weighted by molar-refractivity contribution is 5.06. The number of rotatable bonds is 5. The Morgan fingerprint density at radius 2 is 2.27 bits per heavy atom. The van der Waals surface area contributed by atoms with E-state index in [2.05, 4.69) is 30.8 Å². The molecule has 118 valence electrons. The number of aromatic nitrogens is 3. The molecule has 0 radical (unpaired) electrons. The smallest absolute Gasteiger partial charge is 0.136 e. The van der Waals surface area contributed by atoms with Crippen molar-refractivity contribution in [2.24, 2.45) is 0 Å². The summed E-state index contributed by atoms with van der Waals surface area (Å²) in [5, 5.41) is 0. The molecule has 6 nitrogen and oxygen atoms in total. The average Bonchev–Trinajstić information content (AvgIpc) is 2.96. The van der Waals surface area contributed by atoms with Crippen molar-refractivity contribution in [1.82, 2.24) is 24.8 Å². The van der Waals surface area contributed by atoms with Crippen LogP contribution >= 0.6 is 0 Å². The van der Waals surface area contributed by atoms with Gasteiger partial charge < -0.3 is 14.6 Å². The van der Waals surface area contributed by atoms with Crippen LogP contribution in [0.25, 0.3) is 0 Å². The predicted molar refractivity (Wildman–Crippen MR) is 84.2 cm³/mol.